The van der Waals surface area contributed by atoms with E-state index in [9.17, 15) is 4.79 Å². The fourth-order valence-corrected chi connectivity index (χ4v) is 2.29. The summed E-state index contributed by atoms with van der Waals surface area (Å²) in [6, 6.07) is 4.00. The molecule has 0 radical (unpaired) electrons. The summed E-state index contributed by atoms with van der Waals surface area (Å²) >= 11 is 0. The first-order valence-corrected chi connectivity index (χ1v) is 6.62. The largest absolute Gasteiger partial charge is 0.444 e. The zero-order chi connectivity index (χ0) is 14.2. The smallest absolute Gasteiger partial charge is 0.410 e. The molecular weight excluding hydrogens is 240 g/mol. The number of fused-ring (bicyclic) bond motifs is 1. The lowest BCUT2D eigenvalue weighted by Crippen LogP contribution is -2.40. The van der Waals surface area contributed by atoms with E-state index in [1.807, 2.05) is 33.8 Å². The Balaban J connectivity index is 2.18. The Labute approximate surface area is 114 Å². The molecule has 0 saturated carbocycles. The van der Waals surface area contributed by atoms with Gasteiger partial charge < -0.3 is 15.4 Å². The Morgan fingerprint density at radius 2 is 2.05 bits per heavy atom. The number of ether oxygens (including phenoxy) is 1. The number of nitrogens with two attached hydrogens (primary N) is 1. The number of hydrogen-bond acceptors (Lipinski definition) is 3. The van der Waals surface area contributed by atoms with Crippen molar-refractivity contribution in [2.24, 2.45) is 0 Å². The van der Waals surface area contributed by atoms with E-state index in [4.69, 9.17) is 10.5 Å². The molecule has 1 aliphatic heterocycles. The van der Waals surface area contributed by atoms with Crippen LogP contribution in [0.1, 0.15) is 37.5 Å². The maximum Gasteiger partial charge on any atom is 0.410 e. The monoisotopic (exact) mass is 262 g/mol. The van der Waals surface area contributed by atoms with E-state index >= 15 is 0 Å². The van der Waals surface area contributed by atoms with Crippen molar-refractivity contribution >= 4 is 11.8 Å². The molecule has 2 rings (SSSR count). The number of hydrogen-bond donors (Lipinski definition) is 1. The Morgan fingerprint density at radius 1 is 1.37 bits per heavy atom. The van der Waals surface area contributed by atoms with Gasteiger partial charge in [0, 0.05) is 18.8 Å². The van der Waals surface area contributed by atoms with E-state index in [0.717, 1.165) is 23.2 Å². The van der Waals surface area contributed by atoms with E-state index in [1.165, 1.54) is 5.56 Å². The summed E-state index contributed by atoms with van der Waals surface area (Å²) in [6.07, 6.45) is 0.607. The van der Waals surface area contributed by atoms with Crippen molar-refractivity contribution in [3.63, 3.8) is 0 Å². The molecule has 1 heterocycles. The van der Waals surface area contributed by atoms with E-state index in [-0.39, 0.29) is 6.09 Å². The van der Waals surface area contributed by atoms with Crippen LogP contribution in [-0.4, -0.2) is 23.1 Å². The lowest BCUT2D eigenvalue weighted by molar-refractivity contribution is 0.0223. The molecule has 0 spiro atoms. The van der Waals surface area contributed by atoms with Crippen molar-refractivity contribution in [3.8, 4) is 0 Å². The molecule has 0 fully saturated rings. The van der Waals surface area contributed by atoms with Crippen molar-refractivity contribution < 1.29 is 9.53 Å². The lowest BCUT2D eigenvalue weighted by atomic mass is 9.94. The van der Waals surface area contributed by atoms with Crippen molar-refractivity contribution in [3.05, 3.63) is 28.8 Å². The summed E-state index contributed by atoms with van der Waals surface area (Å²) in [5.41, 5.74) is 9.78. The maximum absolute atomic E-state index is 12.1. The molecule has 19 heavy (non-hydrogen) atoms. The van der Waals surface area contributed by atoms with Crippen LogP contribution < -0.4 is 5.73 Å². The first-order valence-electron chi connectivity index (χ1n) is 6.62. The zero-order valence-corrected chi connectivity index (χ0v) is 12.1. The molecule has 4 heteroatoms. The number of carbonyl (C=O) groups excluding carboxylic acids is 1. The summed E-state index contributed by atoms with van der Waals surface area (Å²) in [7, 11) is 0. The predicted octanol–water partition coefficient (Wildman–Crippen LogP) is 2.87. The first kappa shape index (κ1) is 13.7. The molecule has 1 aromatic carbocycles. The highest BCUT2D eigenvalue weighted by molar-refractivity contribution is 5.69. The second-order valence-corrected chi connectivity index (χ2v) is 6.07. The van der Waals surface area contributed by atoms with Gasteiger partial charge in [-0.15, -0.1) is 0 Å². The number of amides is 1. The third-order valence-corrected chi connectivity index (χ3v) is 3.39. The van der Waals surface area contributed by atoms with Gasteiger partial charge in [-0.3, -0.25) is 0 Å². The highest BCUT2D eigenvalue weighted by atomic mass is 16.6. The lowest BCUT2D eigenvalue weighted by Gasteiger charge is -2.32. The van der Waals surface area contributed by atoms with Crippen LogP contribution in [-0.2, 0) is 17.7 Å². The van der Waals surface area contributed by atoms with E-state index < -0.39 is 5.60 Å². The Morgan fingerprint density at radius 3 is 2.68 bits per heavy atom. The maximum atomic E-state index is 12.1. The molecule has 4 nitrogen and oxygen atoms in total. The standard InChI is InChI=1S/C15H22N2O2/c1-10-12-9-17(14(18)19-15(2,3)4)8-7-11(12)5-6-13(10)16/h5-6H,7-9,16H2,1-4H3. The van der Waals surface area contributed by atoms with Crippen LogP contribution in [0.4, 0.5) is 10.5 Å². The number of carbonyl (C=O) groups is 1. The van der Waals surface area contributed by atoms with Crippen molar-refractivity contribution in [2.75, 3.05) is 12.3 Å². The molecule has 1 aromatic rings. The van der Waals surface area contributed by atoms with E-state index in [1.54, 1.807) is 4.90 Å². The summed E-state index contributed by atoms with van der Waals surface area (Å²) < 4.78 is 5.42. The van der Waals surface area contributed by atoms with Crippen LogP contribution in [0.2, 0.25) is 0 Å². The molecule has 0 atom stereocenters. The molecule has 104 valence electrons. The summed E-state index contributed by atoms with van der Waals surface area (Å²) in [4.78, 5) is 13.8. The van der Waals surface area contributed by atoms with Crippen LogP contribution >= 0.6 is 0 Å². The van der Waals surface area contributed by atoms with Gasteiger partial charge >= 0.3 is 6.09 Å². The van der Waals surface area contributed by atoms with Gasteiger partial charge in [0.2, 0.25) is 0 Å². The molecule has 0 saturated heterocycles. The molecular formula is C15H22N2O2. The molecule has 0 aliphatic carbocycles. The van der Waals surface area contributed by atoms with Gasteiger partial charge in [0.15, 0.2) is 0 Å². The molecule has 1 amide bonds. The summed E-state index contributed by atoms with van der Waals surface area (Å²) in [5, 5.41) is 0. The van der Waals surface area contributed by atoms with Crippen LogP contribution in [0.25, 0.3) is 0 Å². The minimum Gasteiger partial charge on any atom is -0.444 e. The normalized spacial score (nSPS) is 15.1. The average Bonchev–Trinajstić information content (AvgIpc) is 2.31. The molecule has 1 aliphatic rings. The summed E-state index contributed by atoms with van der Waals surface area (Å²) in [6.45, 7) is 8.93. The van der Waals surface area contributed by atoms with Gasteiger partial charge in [-0.05, 0) is 56.9 Å². The third-order valence-electron chi connectivity index (χ3n) is 3.39. The number of rotatable bonds is 0. The quantitative estimate of drug-likeness (QED) is 0.731. The van der Waals surface area contributed by atoms with Gasteiger partial charge in [0.05, 0.1) is 0 Å². The Hall–Kier alpha value is -1.71. The zero-order valence-electron chi connectivity index (χ0n) is 12.1. The molecule has 0 aromatic heterocycles. The van der Waals surface area contributed by atoms with Gasteiger partial charge in [-0.1, -0.05) is 6.07 Å². The van der Waals surface area contributed by atoms with Crippen LogP contribution in [0.5, 0.6) is 0 Å². The molecule has 0 unspecified atom stereocenters. The number of benzene rings is 1. The summed E-state index contributed by atoms with van der Waals surface area (Å²) in [5.74, 6) is 0. The van der Waals surface area contributed by atoms with Crippen LogP contribution in [0.3, 0.4) is 0 Å². The van der Waals surface area contributed by atoms with Crippen molar-refractivity contribution in [1.82, 2.24) is 4.90 Å². The van der Waals surface area contributed by atoms with E-state index in [0.29, 0.717) is 13.1 Å². The van der Waals surface area contributed by atoms with Gasteiger partial charge in [0.1, 0.15) is 5.60 Å². The van der Waals surface area contributed by atoms with E-state index in [2.05, 4.69) is 6.07 Å². The van der Waals surface area contributed by atoms with Crippen molar-refractivity contribution in [1.29, 1.82) is 0 Å². The average molecular weight is 262 g/mol. The predicted molar refractivity (Wildman–Crippen MR) is 75.9 cm³/mol. The highest BCUT2D eigenvalue weighted by Gasteiger charge is 2.26. The highest BCUT2D eigenvalue weighted by Crippen LogP contribution is 2.27. The second kappa shape index (κ2) is 4.76. The number of anilines is 1. The van der Waals surface area contributed by atoms with Gasteiger partial charge in [-0.2, -0.15) is 0 Å². The molecule has 0 bridgehead atoms. The van der Waals surface area contributed by atoms with Crippen molar-refractivity contribution in [2.45, 2.75) is 46.3 Å². The number of nitrogens with zero attached hydrogens (tertiary/aromatic N) is 1. The topological polar surface area (TPSA) is 55.6 Å². The Kier molecular flexibility index (Phi) is 3.43. The fourth-order valence-electron chi connectivity index (χ4n) is 2.29. The SMILES string of the molecule is Cc1c(N)ccc2c1CN(C(=O)OC(C)(C)C)CC2. The third kappa shape index (κ3) is 3.00. The van der Waals surface area contributed by atoms with Gasteiger partial charge in [-0.25, -0.2) is 4.79 Å². The molecule has 2 N–H and O–H groups in total. The minimum absolute atomic E-state index is 0.250. The fraction of sp³-hybridized carbons (Fsp3) is 0.533. The first-order chi connectivity index (χ1) is 8.78. The van der Waals surface area contributed by atoms with Crippen LogP contribution in [0.15, 0.2) is 12.1 Å². The van der Waals surface area contributed by atoms with Gasteiger partial charge in [0.25, 0.3) is 0 Å². The second-order valence-electron chi connectivity index (χ2n) is 6.07. The Bertz CT molecular complexity index is 504. The minimum atomic E-state index is -0.456. The van der Waals surface area contributed by atoms with Crippen LogP contribution in [0, 0.1) is 6.92 Å². The number of nitrogen functional groups attached to an aromatic ring is 1.